The molecule has 0 aliphatic heterocycles. The minimum absolute atomic E-state index is 0.856. The number of thioether (sulfide) groups is 1. The summed E-state index contributed by atoms with van der Waals surface area (Å²) in [5.41, 5.74) is 0. The summed E-state index contributed by atoms with van der Waals surface area (Å²) in [7, 11) is 0. The van der Waals surface area contributed by atoms with E-state index in [0.717, 1.165) is 11.7 Å². The standard InChI is InChI=1S/C16H31S/c1-4-5-6-7-8-9-10-11-12-13-14-15-16(2)17-3/h1,4,16H,5-15H2,2-3H3. The first-order valence-corrected chi connectivity index (χ1v) is 8.66. The summed E-state index contributed by atoms with van der Waals surface area (Å²) in [5.74, 6) is 0. The maximum atomic E-state index is 5.34. The van der Waals surface area contributed by atoms with Crippen molar-refractivity contribution in [3.63, 3.8) is 0 Å². The van der Waals surface area contributed by atoms with E-state index in [0.29, 0.717) is 0 Å². The minimum atomic E-state index is 0.856. The molecule has 1 radical (unpaired) electrons. The highest BCUT2D eigenvalue weighted by Crippen LogP contribution is 2.16. The molecule has 1 heteroatoms. The van der Waals surface area contributed by atoms with Crippen molar-refractivity contribution in [2.75, 3.05) is 6.26 Å². The van der Waals surface area contributed by atoms with Crippen LogP contribution in [0.3, 0.4) is 0 Å². The molecule has 101 valence electrons. The van der Waals surface area contributed by atoms with Crippen molar-refractivity contribution in [1.29, 1.82) is 0 Å². The van der Waals surface area contributed by atoms with Gasteiger partial charge in [0, 0.05) is 5.25 Å². The molecule has 0 amide bonds. The molecule has 17 heavy (non-hydrogen) atoms. The highest BCUT2D eigenvalue weighted by molar-refractivity contribution is 7.99. The topological polar surface area (TPSA) is 0 Å². The van der Waals surface area contributed by atoms with E-state index in [1.165, 1.54) is 64.2 Å². The molecule has 1 unspecified atom stereocenters. The molecular weight excluding hydrogens is 224 g/mol. The van der Waals surface area contributed by atoms with Gasteiger partial charge in [-0.25, -0.2) is 0 Å². The first-order valence-electron chi connectivity index (χ1n) is 7.37. The van der Waals surface area contributed by atoms with Crippen molar-refractivity contribution in [2.24, 2.45) is 0 Å². The van der Waals surface area contributed by atoms with Gasteiger partial charge in [0.2, 0.25) is 0 Å². The number of allylic oxidation sites excluding steroid dienone is 1. The van der Waals surface area contributed by atoms with E-state index in [1.54, 1.807) is 6.08 Å². The lowest BCUT2D eigenvalue weighted by Crippen LogP contribution is -1.94. The zero-order valence-corrected chi connectivity index (χ0v) is 12.7. The molecule has 0 aromatic carbocycles. The van der Waals surface area contributed by atoms with Gasteiger partial charge < -0.3 is 0 Å². The number of unbranched alkanes of at least 4 members (excludes halogenated alkanes) is 9. The normalized spacial score (nSPS) is 12.6. The second-order valence-corrected chi connectivity index (χ2v) is 6.32. The van der Waals surface area contributed by atoms with Crippen molar-refractivity contribution in [2.45, 2.75) is 82.8 Å². The van der Waals surface area contributed by atoms with Crippen molar-refractivity contribution >= 4 is 11.8 Å². The molecule has 0 spiro atoms. The van der Waals surface area contributed by atoms with Gasteiger partial charge in [0.15, 0.2) is 0 Å². The molecule has 0 heterocycles. The average Bonchev–Trinajstić information content (AvgIpc) is 2.35. The lowest BCUT2D eigenvalue weighted by molar-refractivity contribution is 0.552. The molecule has 0 nitrogen and oxygen atoms in total. The summed E-state index contributed by atoms with van der Waals surface area (Å²) in [5, 5.41) is 0.856. The highest BCUT2D eigenvalue weighted by atomic mass is 32.2. The van der Waals surface area contributed by atoms with Crippen LogP contribution in [0.15, 0.2) is 6.08 Å². The Morgan fingerprint density at radius 3 is 1.82 bits per heavy atom. The summed E-state index contributed by atoms with van der Waals surface area (Å²) in [4.78, 5) is 0. The van der Waals surface area contributed by atoms with Gasteiger partial charge in [0.05, 0.1) is 0 Å². The predicted molar refractivity (Wildman–Crippen MR) is 82.6 cm³/mol. The minimum Gasteiger partial charge on any atom is -0.162 e. The number of hydrogen-bond donors (Lipinski definition) is 0. The maximum absolute atomic E-state index is 5.34. The molecule has 0 aromatic heterocycles. The Morgan fingerprint density at radius 1 is 0.882 bits per heavy atom. The van der Waals surface area contributed by atoms with Crippen LogP contribution in [0.4, 0.5) is 0 Å². The molecule has 1 atom stereocenters. The van der Waals surface area contributed by atoms with Crippen LogP contribution in [0.2, 0.25) is 0 Å². The Hall–Kier alpha value is 0.0900. The van der Waals surface area contributed by atoms with Crippen LogP contribution in [0.25, 0.3) is 0 Å². The lowest BCUT2D eigenvalue weighted by atomic mass is 10.1. The van der Waals surface area contributed by atoms with Crippen molar-refractivity contribution in [1.82, 2.24) is 0 Å². The summed E-state index contributed by atoms with van der Waals surface area (Å²) in [6, 6.07) is 0. The predicted octanol–water partition coefficient (Wildman–Crippen LogP) is 6.02. The fourth-order valence-corrected chi connectivity index (χ4v) is 2.45. The SMILES string of the molecule is [CH]=CCCCCCCCCCCCC(C)SC. The molecule has 0 fully saturated rings. The zero-order valence-electron chi connectivity index (χ0n) is 11.9. The third-order valence-electron chi connectivity index (χ3n) is 3.38. The molecule has 0 bridgehead atoms. The molecule has 0 aliphatic carbocycles. The molecule has 0 aromatic rings. The third-order valence-corrected chi connectivity index (χ3v) is 4.42. The van der Waals surface area contributed by atoms with Crippen molar-refractivity contribution in [3.05, 3.63) is 12.7 Å². The third kappa shape index (κ3) is 14.0. The van der Waals surface area contributed by atoms with Crippen LogP contribution < -0.4 is 0 Å². The Morgan fingerprint density at radius 2 is 1.35 bits per heavy atom. The Kier molecular flexibility index (Phi) is 14.2. The van der Waals surface area contributed by atoms with Crippen LogP contribution in [-0.2, 0) is 0 Å². The van der Waals surface area contributed by atoms with E-state index in [2.05, 4.69) is 13.2 Å². The van der Waals surface area contributed by atoms with Crippen LogP contribution in [0.1, 0.15) is 77.6 Å². The fourth-order valence-electron chi connectivity index (χ4n) is 2.05. The van der Waals surface area contributed by atoms with Gasteiger partial charge in [0.1, 0.15) is 0 Å². The van der Waals surface area contributed by atoms with Crippen LogP contribution in [0.5, 0.6) is 0 Å². The van der Waals surface area contributed by atoms with Gasteiger partial charge >= 0.3 is 0 Å². The summed E-state index contributed by atoms with van der Waals surface area (Å²) in [6.07, 6.45) is 19.1. The van der Waals surface area contributed by atoms with Gasteiger partial charge in [-0.3, -0.25) is 0 Å². The molecule has 0 aliphatic rings. The summed E-state index contributed by atoms with van der Waals surface area (Å²) >= 11 is 1.99. The van der Waals surface area contributed by atoms with Gasteiger partial charge in [-0.1, -0.05) is 70.9 Å². The first kappa shape index (κ1) is 17.1. The second-order valence-electron chi connectivity index (χ2n) is 5.04. The molecule has 0 saturated heterocycles. The second kappa shape index (κ2) is 14.2. The Bertz CT molecular complexity index is 154. The quantitative estimate of drug-likeness (QED) is 0.363. The largest absolute Gasteiger partial charge is 0.162 e. The van der Waals surface area contributed by atoms with Crippen molar-refractivity contribution in [3.8, 4) is 0 Å². The van der Waals surface area contributed by atoms with Crippen LogP contribution in [-0.4, -0.2) is 11.5 Å². The van der Waals surface area contributed by atoms with E-state index >= 15 is 0 Å². The zero-order chi connectivity index (χ0) is 12.8. The highest BCUT2D eigenvalue weighted by Gasteiger charge is 1.98. The average molecular weight is 255 g/mol. The molecular formula is C16H31S. The maximum Gasteiger partial charge on any atom is 0.00159 e. The smallest absolute Gasteiger partial charge is 0.00159 e. The van der Waals surface area contributed by atoms with Gasteiger partial charge in [-0.05, 0) is 25.5 Å². The summed E-state index contributed by atoms with van der Waals surface area (Å²) < 4.78 is 0. The molecule has 0 saturated carbocycles. The Balaban J connectivity index is 2.96. The first-order chi connectivity index (χ1) is 8.31. The number of hydrogen-bond acceptors (Lipinski definition) is 1. The molecule has 0 rings (SSSR count). The lowest BCUT2D eigenvalue weighted by Gasteiger charge is -2.07. The molecule has 0 N–H and O–H groups in total. The van der Waals surface area contributed by atoms with E-state index < -0.39 is 0 Å². The van der Waals surface area contributed by atoms with Gasteiger partial charge in [-0.15, -0.1) is 0 Å². The Labute approximate surface area is 114 Å². The van der Waals surface area contributed by atoms with Crippen LogP contribution in [0, 0.1) is 6.58 Å². The fraction of sp³-hybridized carbons (Fsp3) is 0.875. The van der Waals surface area contributed by atoms with Gasteiger partial charge in [0.25, 0.3) is 0 Å². The van der Waals surface area contributed by atoms with E-state index in [4.69, 9.17) is 6.58 Å². The number of rotatable bonds is 13. The van der Waals surface area contributed by atoms with Gasteiger partial charge in [-0.2, -0.15) is 11.8 Å². The van der Waals surface area contributed by atoms with Crippen molar-refractivity contribution < 1.29 is 0 Å². The van der Waals surface area contributed by atoms with Crippen LogP contribution >= 0.6 is 11.8 Å². The monoisotopic (exact) mass is 255 g/mol. The van der Waals surface area contributed by atoms with E-state index in [1.807, 2.05) is 11.8 Å². The van der Waals surface area contributed by atoms with E-state index in [-0.39, 0.29) is 0 Å². The summed E-state index contributed by atoms with van der Waals surface area (Å²) in [6.45, 7) is 7.68. The van der Waals surface area contributed by atoms with E-state index in [9.17, 15) is 0 Å².